The van der Waals surface area contributed by atoms with E-state index in [9.17, 15) is 9.59 Å². The van der Waals surface area contributed by atoms with Gasteiger partial charge < -0.3 is 23.4 Å². The minimum atomic E-state index is -0.477. The number of aromatic nitrogens is 2. The van der Waals surface area contributed by atoms with Crippen molar-refractivity contribution in [2.24, 2.45) is 5.10 Å². The van der Waals surface area contributed by atoms with E-state index in [0.29, 0.717) is 43.0 Å². The molecule has 1 N–H and O–H groups in total. The summed E-state index contributed by atoms with van der Waals surface area (Å²) < 4.78 is 27.8. The summed E-state index contributed by atoms with van der Waals surface area (Å²) in [6.45, 7) is 3.96. The van der Waals surface area contributed by atoms with Crippen LogP contribution in [0.2, 0.25) is 10.0 Å². The van der Waals surface area contributed by atoms with Crippen LogP contribution in [0.5, 0.6) is 17.2 Å². The Hall–Kier alpha value is -2.75. The second-order valence-electron chi connectivity index (χ2n) is 7.26. The molecular weight excluding hydrogens is 686 g/mol. The van der Waals surface area contributed by atoms with E-state index in [2.05, 4.69) is 43.3 Å². The summed E-state index contributed by atoms with van der Waals surface area (Å²) in [5.41, 5.74) is 3.09. The van der Waals surface area contributed by atoms with Gasteiger partial charge in [-0.05, 0) is 72.3 Å². The van der Waals surface area contributed by atoms with Crippen LogP contribution >= 0.6 is 57.6 Å². The lowest BCUT2D eigenvalue weighted by Crippen LogP contribution is -2.19. The van der Waals surface area contributed by atoms with Gasteiger partial charge in [0.15, 0.2) is 24.7 Å². The highest BCUT2D eigenvalue weighted by atomic mass is 127. The van der Waals surface area contributed by atoms with Crippen molar-refractivity contribution in [1.29, 1.82) is 0 Å². The third kappa shape index (κ3) is 10.1. The van der Waals surface area contributed by atoms with E-state index in [1.807, 2.05) is 6.92 Å². The summed E-state index contributed by atoms with van der Waals surface area (Å²) in [5.74, 6) is 0.633. The summed E-state index contributed by atoms with van der Waals surface area (Å²) in [6.07, 6.45) is 1.46. The number of esters is 1. The van der Waals surface area contributed by atoms with Gasteiger partial charge in [-0.2, -0.15) is 5.10 Å². The molecule has 0 saturated heterocycles. The minimum absolute atomic E-state index is 0.000586. The molecule has 0 aliphatic carbocycles. The second-order valence-corrected chi connectivity index (χ2v) is 10.2. The molecule has 2 aromatic carbocycles. The van der Waals surface area contributed by atoms with E-state index >= 15 is 0 Å². The Bertz CT molecular complexity index is 1330. The highest BCUT2D eigenvalue weighted by Crippen LogP contribution is 2.34. The van der Waals surface area contributed by atoms with Crippen molar-refractivity contribution in [1.82, 2.24) is 15.6 Å². The van der Waals surface area contributed by atoms with Gasteiger partial charge in [0.2, 0.25) is 0 Å². The number of carbonyl (C=O) groups excluding carboxylic acids is 2. The number of nitrogens with zero attached hydrogens (tertiary/aromatic N) is 3. The fourth-order valence-corrected chi connectivity index (χ4v) is 4.64. The maximum Gasteiger partial charge on any atom is 0.344 e. The van der Waals surface area contributed by atoms with Gasteiger partial charge >= 0.3 is 5.97 Å². The highest BCUT2D eigenvalue weighted by molar-refractivity contribution is 14.1. The Morgan fingerprint density at radius 2 is 1.92 bits per heavy atom. The summed E-state index contributed by atoms with van der Waals surface area (Å²) in [6, 6.07) is 8.30. The molecule has 39 heavy (non-hydrogen) atoms. The van der Waals surface area contributed by atoms with E-state index in [-0.39, 0.29) is 42.6 Å². The van der Waals surface area contributed by atoms with Gasteiger partial charge in [-0.25, -0.2) is 10.2 Å². The number of carbonyl (C=O) groups is 2. The third-order valence-electron chi connectivity index (χ3n) is 4.39. The fourth-order valence-electron chi connectivity index (χ4n) is 2.82. The maximum absolute atomic E-state index is 12.2. The van der Waals surface area contributed by atoms with Crippen LogP contribution in [0.3, 0.4) is 0 Å². The summed E-state index contributed by atoms with van der Waals surface area (Å²) in [5, 5.41) is 12.8. The number of hydrogen-bond donors (Lipinski definition) is 1. The number of ether oxygens (including phenoxy) is 4. The summed E-state index contributed by atoms with van der Waals surface area (Å²) in [4.78, 5) is 23.8. The molecule has 0 aliphatic heterocycles. The van der Waals surface area contributed by atoms with Crippen molar-refractivity contribution < 1.29 is 33.0 Å². The molecule has 0 fully saturated rings. The first kappa shape index (κ1) is 30.8. The van der Waals surface area contributed by atoms with Crippen molar-refractivity contribution in [3.05, 3.63) is 55.4 Å². The lowest BCUT2D eigenvalue weighted by molar-refractivity contribution is -0.145. The fraction of sp³-hybridized carbons (Fsp3) is 0.292. The Morgan fingerprint density at radius 3 is 2.67 bits per heavy atom. The number of thioether (sulfide) groups is 1. The summed E-state index contributed by atoms with van der Waals surface area (Å²) in [7, 11) is 0. The zero-order valence-corrected chi connectivity index (χ0v) is 25.2. The standard InChI is InChI=1S/C24H23Cl2IN4O7S/c1-3-34-19-8-14(7-17(27)23(19)37-12-22(33)35-4-2)10-28-29-20(32)13-39-24-31-30-21(38-24)11-36-18-6-5-15(25)9-16(18)26/h5-10H,3-4,11-13H2,1-2H3,(H,29,32)/b28-10-. The predicted molar refractivity (Wildman–Crippen MR) is 154 cm³/mol. The molecule has 0 aliphatic rings. The van der Waals surface area contributed by atoms with E-state index < -0.39 is 5.97 Å². The topological polar surface area (TPSA) is 134 Å². The smallest absolute Gasteiger partial charge is 0.344 e. The molecular formula is C24H23Cl2IN4O7S. The van der Waals surface area contributed by atoms with Crippen molar-refractivity contribution in [3.8, 4) is 17.2 Å². The van der Waals surface area contributed by atoms with Crippen LogP contribution in [-0.2, 0) is 20.9 Å². The first-order valence-electron chi connectivity index (χ1n) is 11.4. The highest BCUT2D eigenvalue weighted by Gasteiger charge is 2.15. The van der Waals surface area contributed by atoms with E-state index in [4.69, 9.17) is 46.6 Å². The summed E-state index contributed by atoms with van der Waals surface area (Å²) >= 11 is 15.1. The normalized spacial score (nSPS) is 10.9. The largest absolute Gasteiger partial charge is 0.490 e. The van der Waals surface area contributed by atoms with Gasteiger partial charge in [0.05, 0.1) is 33.8 Å². The van der Waals surface area contributed by atoms with Crippen LogP contribution in [0.4, 0.5) is 0 Å². The molecule has 15 heteroatoms. The average molecular weight is 709 g/mol. The van der Waals surface area contributed by atoms with Gasteiger partial charge in [-0.15, -0.1) is 10.2 Å². The Kier molecular flexibility index (Phi) is 12.4. The monoisotopic (exact) mass is 708 g/mol. The molecule has 0 unspecified atom stereocenters. The Morgan fingerprint density at radius 1 is 1.10 bits per heavy atom. The predicted octanol–water partition coefficient (Wildman–Crippen LogP) is 5.14. The first-order valence-corrected chi connectivity index (χ1v) is 14.2. The van der Waals surface area contributed by atoms with Crippen molar-refractivity contribution in [2.75, 3.05) is 25.6 Å². The Balaban J connectivity index is 1.49. The van der Waals surface area contributed by atoms with Crippen LogP contribution in [0.15, 0.2) is 45.1 Å². The Labute approximate surface area is 252 Å². The van der Waals surface area contributed by atoms with Crippen LogP contribution in [0.1, 0.15) is 25.3 Å². The molecule has 1 aromatic heterocycles. The molecule has 11 nitrogen and oxygen atoms in total. The number of amides is 1. The second kappa shape index (κ2) is 15.7. The molecule has 0 radical (unpaired) electrons. The van der Waals surface area contributed by atoms with Gasteiger partial charge in [0.1, 0.15) is 5.75 Å². The van der Waals surface area contributed by atoms with Crippen LogP contribution in [0.25, 0.3) is 0 Å². The molecule has 1 heterocycles. The molecule has 208 valence electrons. The average Bonchev–Trinajstić information content (AvgIpc) is 3.35. The van der Waals surface area contributed by atoms with Gasteiger partial charge in [-0.1, -0.05) is 35.0 Å². The van der Waals surface area contributed by atoms with E-state index in [1.165, 1.54) is 6.21 Å². The lowest BCUT2D eigenvalue weighted by atomic mass is 10.2. The molecule has 3 rings (SSSR count). The van der Waals surface area contributed by atoms with Crippen LogP contribution < -0.4 is 19.6 Å². The molecule has 0 saturated carbocycles. The van der Waals surface area contributed by atoms with Crippen LogP contribution in [0, 0.1) is 3.57 Å². The van der Waals surface area contributed by atoms with Crippen molar-refractivity contribution in [3.63, 3.8) is 0 Å². The number of benzene rings is 2. The van der Waals surface area contributed by atoms with E-state index in [0.717, 1.165) is 11.8 Å². The van der Waals surface area contributed by atoms with E-state index in [1.54, 1.807) is 37.3 Å². The van der Waals surface area contributed by atoms with Gasteiger partial charge in [0.25, 0.3) is 17.0 Å². The number of hydrazone groups is 1. The third-order valence-corrected chi connectivity index (χ3v) is 6.54. The van der Waals surface area contributed by atoms with Crippen molar-refractivity contribution in [2.45, 2.75) is 25.7 Å². The van der Waals surface area contributed by atoms with Crippen LogP contribution in [-0.4, -0.2) is 53.9 Å². The van der Waals surface area contributed by atoms with Gasteiger partial charge in [-0.3, -0.25) is 4.79 Å². The molecule has 3 aromatic rings. The molecule has 0 atom stereocenters. The molecule has 0 spiro atoms. The number of nitrogens with one attached hydrogen (secondary N) is 1. The zero-order valence-electron chi connectivity index (χ0n) is 20.7. The molecule has 0 bridgehead atoms. The molecule has 1 amide bonds. The lowest BCUT2D eigenvalue weighted by Gasteiger charge is -2.14. The number of halogens is 3. The SMILES string of the molecule is CCOC(=O)COc1c(I)cc(/C=N\NC(=O)CSc2nnc(COc3ccc(Cl)cc3Cl)o2)cc1OCC. The number of hydrogen-bond acceptors (Lipinski definition) is 11. The van der Waals surface area contributed by atoms with Crippen molar-refractivity contribution >= 4 is 75.6 Å². The maximum atomic E-state index is 12.2. The zero-order chi connectivity index (χ0) is 28.2. The minimum Gasteiger partial charge on any atom is -0.490 e. The van der Waals surface area contributed by atoms with Gasteiger partial charge in [0, 0.05) is 5.02 Å². The first-order chi connectivity index (χ1) is 18.8. The quantitative estimate of drug-likeness (QED) is 0.0789. The number of rotatable bonds is 14.